The number of anilines is 2. The smallest absolute Gasteiger partial charge is 0.480 e. The van der Waals surface area contributed by atoms with Crippen LogP contribution in [0.15, 0.2) is 72.8 Å². The highest BCUT2D eigenvalue weighted by atomic mass is 32.2. The first-order valence-corrected chi connectivity index (χ1v) is 14.4. The maximum Gasteiger partial charge on any atom is 0.490 e. The zero-order valence-corrected chi connectivity index (χ0v) is 24.0. The van der Waals surface area contributed by atoms with Crippen LogP contribution in [0.4, 0.5) is 24.5 Å². The van der Waals surface area contributed by atoms with E-state index in [1.807, 2.05) is 12.1 Å². The molecule has 1 heterocycles. The fourth-order valence-electron chi connectivity index (χ4n) is 3.86. The molecule has 0 saturated carbocycles. The molecular formula is C28H29F3N4O8S. The Morgan fingerprint density at radius 1 is 0.932 bits per heavy atom. The number of hydrogen-bond donors (Lipinski definition) is 4. The fourth-order valence-corrected chi connectivity index (χ4v) is 4.81. The van der Waals surface area contributed by atoms with Crippen LogP contribution < -0.4 is 20.7 Å². The lowest BCUT2D eigenvalue weighted by atomic mass is 10.1. The van der Waals surface area contributed by atoms with E-state index in [4.69, 9.17) is 26.5 Å². The normalized spacial score (nSPS) is 12.1. The number of fused-ring (bicyclic) bond motifs is 1. The molecule has 4 rings (SSSR count). The first-order chi connectivity index (χ1) is 20.4. The molecule has 1 aliphatic heterocycles. The largest absolute Gasteiger partial charge is 0.490 e. The van der Waals surface area contributed by atoms with E-state index in [0.29, 0.717) is 42.0 Å². The van der Waals surface area contributed by atoms with Crippen molar-refractivity contribution in [3.05, 3.63) is 95.1 Å². The van der Waals surface area contributed by atoms with Crippen molar-refractivity contribution in [2.24, 2.45) is 11.5 Å². The van der Waals surface area contributed by atoms with Gasteiger partial charge in [0.2, 0.25) is 15.9 Å². The number of carboxylic acid groups (broad SMARTS) is 2. The van der Waals surface area contributed by atoms with E-state index in [9.17, 15) is 36.0 Å². The Hall–Kier alpha value is -4.96. The summed E-state index contributed by atoms with van der Waals surface area (Å²) in [4.78, 5) is 44.7. The van der Waals surface area contributed by atoms with Crippen molar-refractivity contribution in [2.45, 2.75) is 19.1 Å². The van der Waals surface area contributed by atoms with Gasteiger partial charge in [-0.2, -0.15) is 13.2 Å². The number of nitrogens with zero attached hydrogens (tertiary/aromatic N) is 2. The van der Waals surface area contributed by atoms with Crippen LogP contribution in [0.25, 0.3) is 0 Å². The summed E-state index contributed by atoms with van der Waals surface area (Å²) in [5.41, 5.74) is 14.3. The number of carbonyl (C=O) groups excluding carboxylic acids is 2. The van der Waals surface area contributed by atoms with E-state index in [1.165, 1.54) is 15.3 Å². The van der Waals surface area contributed by atoms with E-state index < -0.39 is 40.6 Å². The Morgan fingerprint density at radius 3 is 2.05 bits per heavy atom. The highest BCUT2D eigenvalue weighted by Gasteiger charge is 2.38. The lowest BCUT2D eigenvalue weighted by molar-refractivity contribution is -0.192. The van der Waals surface area contributed by atoms with Gasteiger partial charge in [-0.25, -0.2) is 13.2 Å². The molecule has 0 spiro atoms. The fraction of sp³-hybridized carbons (Fsp3) is 0.214. The van der Waals surface area contributed by atoms with Crippen molar-refractivity contribution < 1.29 is 51.0 Å². The molecule has 12 nitrogen and oxygen atoms in total. The number of para-hydroxylation sites is 1. The summed E-state index contributed by atoms with van der Waals surface area (Å²) in [6.45, 7) is 0.359. The number of nitrogens with two attached hydrogens (primary N) is 2. The second kappa shape index (κ2) is 15.0. The molecule has 0 aliphatic carbocycles. The Kier molecular flexibility index (Phi) is 12.0. The summed E-state index contributed by atoms with van der Waals surface area (Å²) in [6.07, 6.45) is -3.26. The minimum Gasteiger partial charge on any atom is -0.480 e. The Labute approximate surface area is 250 Å². The number of amides is 2. The molecule has 3 aromatic carbocycles. The van der Waals surface area contributed by atoms with E-state index >= 15 is 0 Å². The number of sulfonamides is 1. The molecule has 0 radical (unpaired) electrons. The number of carbonyl (C=O) groups is 4. The highest BCUT2D eigenvalue weighted by Crippen LogP contribution is 2.30. The first kappa shape index (κ1) is 35.2. The minimum atomic E-state index is -5.08. The highest BCUT2D eigenvalue weighted by molar-refractivity contribution is 7.92. The van der Waals surface area contributed by atoms with Gasteiger partial charge >= 0.3 is 18.1 Å². The van der Waals surface area contributed by atoms with Crippen LogP contribution in [-0.4, -0.2) is 67.9 Å². The molecule has 44 heavy (non-hydrogen) atoms. The summed E-state index contributed by atoms with van der Waals surface area (Å²) in [6, 6.07) is 20.5. The van der Waals surface area contributed by atoms with E-state index in [0.717, 1.165) is 17.4 Å². The summed E-state index contributed by atoms with van der Waals surface area (Å²) in [5.74, 6) is -4.74. The molecule has 0 fully saturated rings. The van der Waals surface area contributed by atoms with Crippen LogP contribution in [0.2, 0.25) is 0 Å². The van der Waals surface area contributed by atoms with Gasteiger partial charge in [-0.1, -0.05) is 36.4 Å². The molecule has 0 aromatic heterocycles. The van der Waals surface area contributed by atoms with Crippen LogP contribution >= 0.6 is 0 Å². The second-order valence-electron chi connectivity index (χ2n) is 9.12. The van der Waals surface area contributed by atoms with Crippen LogP contribution in [0.5, 0.6) is 0 Å². The molecule has 0 saturated heterocycles. The lowest BCUT2D eigenvalue weighted by Gasteiger charge is -2.21. The number of carboxylic acids is 2. The zero-order chi connectivity index (χ0) is 33.2. The van der Waals surface area contributed by atoms with Crippen molar-refractivity contribution in [3.8, 4) is 0 Å². The number of primary amides is 1. The number of alkyl halides is 3. The Balaban J connectivity index is 0.000000259. The van der Waals surface area contributed by atoms with Crippen molar-refractivity contribution in [2.75, 3.05) is 28.6 Å². The number of benzene rings is 3. The number of halogens is 3. The average Bonchev–Trinajstić information content (AvgIpc) is 3.40. The number of rotatable bonds is 7. The van der Waals surface area contributed by atoms with Crippen LogP contribution in [-0.2, 0) is 32.6 Å². The van der Waals surface area contributed by atoms with Gasteiger partial charge in [0, 0.05) is 29.9 Å². The van der Waals surface area contributed by atoms with Gasteiger partial charge in [0.1, 0.15) is 6.54 Å². The lowest BCUT2D eigenvalue weighted by Crippen LogP contribution is -2.35. The Bertz CT molecular complexity index is 1620. The van der Waals surface area contributed by atoms with Gasteiger partial charge in [-0.15, -0.1) is 0 Å². The minimum absolute atomic E-state index is 0.325. The number of aliphatic carboxylic acids is 2. The van der Waals surface area contributed by atoms with E-state index in [-0.39, 0.29) is 5.91 Å². The molecule has 0 atom stereocenters. The molecular weight excluding hydrogens is 609 g/mol. The van der Waals surface area contributed by atoms with E-state index in [2.05, 4.69) is 0 Å². The Morgan fingerprint density at radius 2 is 1.55 bits per heavy atom. The molecule has 16 heteroatoms. The van der Waals surface area contributed by atoms with Gasteiger partial charge in [0.25, 0.3) is 5.91 Å². The van der Waals surface area contributed by atoms with Gasteiger partial charge in [-0.3, -0.25) is 23.6 Å². The average molecular weight is 639 g/mol. The van der Waals surface area contributed by atoms with Crippen LogP contribution in [0.1, 0.15) is 31.8 Å². The number of hydrogen-bond acceptors (Lipinski definition) is 7. The SMILES string of the molecule is CS(=O)(=O)N1CCc2ccc(C(N)=O)cc21.NCc1cccc(C(=O)N(CC(=O)O)c2ccccc2)c1.O=C(O)C(F)(F)F. The molecule has 3 aromatic rings. The standard InChI is InChI=1S/C16H16N2O3.C10H12N2O3S.C2HF3O2/c17-10-12-5-4-6-13(9-12)16(21)18(11-15(19)20)14-7-2-1-3-8-14;1-16(14,15)12-5-4-7-2-3-8(10(11)13)6-9(7)12;3-2(4,5)1(6)7/h1-9H,10-11,17H2,(H,19,20);2-3,6H,4-5H2,1H3,(H2,11,13);(H,6,7). The predicted molar refractivity (Wildman–Crippen MR) is 155 cm³/mol. The van der Waals surface area contributed by atoms with Crippen molar-refractivity contribution in [1.82, 2.24) is 0 Å². The molecule has 236 valence electrons. The molecule has 0 unspecified atom stereocenters. The summed E-state index contributed by atoms with van der Waals surface area (Å²) >= 11 is 0. The summed E-state index contributed by atoms with van der Waals surface area (Å²) in [5, 5.41) is 16.2. The quantitative estimate of drug-likeness (QED) is 0.300. The third kappa shape index (κ3) is 10.1. The summed E-state index contributed by atoms with van der Waals surface area (Å²) in [7, 11) is -3.28. The molecule has 2 amide bonds. The zero-order valence-electron chi connectivity index (χ0n) is 23.2. The topological polar surface area (TPSA) is 201 Å². The van der Waals surface area contributed by atoms with Crippen molar-refractivity contribution in [1.29, 1.82) is 0 Å². The predicted octanol–water partition coefficient (Wildman–Crippen LogP) is 2.62. The molecule has 1 aliphatic rings. The third-order valence-corrected chi connectivity index (χ3v) is 7.06. The monoisotopic (exact) mass is 638 g/mol. The van der Waals surface area contributed by atoms with Crippen LogP contribution in [0, 0.1) is 0 Å². The molecule has 0 bridgehead atoms. The van der Waals surface area contributed by atoms with Gasteiger partial charge in [0.15, 0.2) is 0 Å². The summed E-state index contributed by atoms with van der Waals surface area (Å²) < 4.78 is 56.0. The van der Waals surface area contributed by atoms with Crippen molar-refractivity contribution in [3.63, 3.8) is 0 Å². The van der Waals surface area contributed by atoms with Gasteiger partial charge < -0.3 is 21.7 Å². The van der Waals surface area contributed by atoms with E-state index in [1.54, 1.807) is 54.6 Å². The van der Waals surface area contributed by atoms with Crippen molar-refractivity contribution >= 4 is 45.2 Å². The second-order valence-corrected chi connectivity index (χ2v) is 11.0. The maximum atomic E-state index is 12.6. The third-order valence-electron chi connectivity index (χ3n) is 5.88. The van der Waals surface area contributed by atoms with Gasteiger partial charge in [-0.05, 0) is 53.9 Å². The van der Waals surface area contributed by atoms with Gasteiger partial charge in [0.05, 0.1) is 11.9 Å². The van der Waals surface area contributed by atoms with Crippen LogP contribution in [0.3, 0.4) is 0 Å². The first-order valence-electron chi connectivity index (χ1n) is 12.5. The molecule has 6 N–H and O–H groups in total. The maximum absolute atomic E-state index is 12.6.